The summed E-state index contributed by atoms with van der Waals surface area (Å²) in [6.07, 6.45) is -5.12. The van der Waals surface area contributed by atoms with Crippen LogP contribution in [0.2, 0.25) is 0 Å². The summed E-state index contributed by atoms with van der Waals surface area (Å²) in [4.78, 5) is 44.0. The first-order chi connectivity index (χ1) is 15.6. The smallest absolute Gasteiger partial charge is 0.264 e. The van der Waals surface area contributed by atoms with Gasteiger partial charge in [0.2, 0.25) is 0 Å². The maximum Gasteiger partial charge on any atom is 0.526 e. The fourth-order valence-electron chi connectivity index (χ4n) is 4.36. The molecule has 0 radical (unpaired) electrons. The first kappa shape index (κ1) is 21.3. The van der Waals surface area contributed by atoms with Gasteiger partial charge in [-0.05, 0) is 0 Å². The van der Waals surface area contributed by atoms with Crippen LogP contribution in [0, 0.1) is 40.5 Å². The molecule has 0 amide bonds. The number of nitro groups is 4. The number of nitrogens with zero attached hydrogens (tertiary/aromatic N) is 12. The lowest BCUT2D eigenvalue weighted by Crippen LogP contribution is -3.02. The molecule has 4 unspecified atom stereocenters. The molecule has 4 atom stereocenters. The van der Waals surface area contributed by atoms with E-state index in [1.807, 2.05) is 0 Å². The Hall–Kier alpha value is -4.90. The van der Waals surface area contributed by atoms with Gasteiger partial charge in [0.05, 0.1) is 0 Å². The Labute approximate surface area is 175 Å². The predicted molar refractivity (Wildman–Crippen MR) is 89.2 cm³/mol. The van der Waals surface area contributed by atoms with Crippen molar-refractivity contribution in [2.45, 2.75) is 22.7 Å². The average Bonchev–Trinajstić information content (AvgIpc) is 3.56. The highest BCUT2D eigenvalue weighted by molar-refractivity contribution is 6.89. The Bertz CT molecular complexity index is 891. The van der Waals surface area contributed by atoms with E-state index < -0.39 is 48.6 Å². The van der Waals surface area contributed by atoms with Crippen LogP contribution < -0.4 is 43.8 Å². The summed E-state index contributed by atoms with van der Waals surface area (Å²) in [5.41, 5.74) is -0.335. The van der Waals surface area contributed by atoms with Crippen molar-refractivity contribution in [1.29, 1.82) is 0 Å². The molecular weight excluding hydrogens is 467 g/mol. The normalized spacial score (nSPS) is 37.6. The van der Waals surface area contributed by atoms with E-state index in [1.165, 1.54) is 0 Å². The van der Waals surface area contributed by atoms with E-state index >= 15 is 0 Å². The molecule has 28 nitrogen and oxygen atoms in total. The third-order valence-electron chi connectivity index (χ3n) is 5.50. The van der Waals surface area contributed by atoms with E-state index in [0.29, 0.717) is 0 Å². The average molecular weight is 475 g/mol. The number of hydrogen-bond acceptors (Lipinski definition) is 24. The topological polar surface area (TPSA) is 368 Å². The number of hydrogen-bond donors (Lipinski definition) is 8. The van der Waals surface area contributed by atoms with Crippen molar-refractivity contribution in [3.8, 4) is 0 Å². The van der Waals surface area contributed by atoms with Gasteiger partial charge in [-0.3, -0.25) is 40.5 Å². The van der Waals surface area contributed by atoms with Gasteiger partial charge in [-0.2, -0.15) is 21.7 Å². The maximum absolute atomic E-state index is 12.5. The Morgan fingerprint density at radius 3 is 0.818 bits per heavy atom. The van der Waals surface area contributed by atoms with Gasteiger partial charge in [-0.25, -0.2) is 22.1 Å². The number of rotatable bonds is 8. The van der Waals surface area contributed by atoms with Crippen molar-refractivity contribution in [3.63, 3.8) is 0 Å². The summed E-state index contributed by atoms with van der Waals surface area (Å²) in [7, 11) is 0. The van der Waals surface area contributed by atoms with E-state index in [-0.39, 0.29) is 0 Å². The second-order valence-electron chi connectivity index (χ2n) is 6.55. The van der Waals surface area contributed by atoms with E-state index in [9.17, 15) is 40.5 Å². The number of hydrazine groups is 4. The molecule has 0 aromatic carbocycles. The van der Waals surface area contributed by atoms with Crippen molar-refractivity contribution < 1.29 is 19.7 Å². The second-order valence-corrected chi connectivity index (χ2v) is 6.55. The monoisotopic (exact) mass is 475 g/mol. The molecule has 4 heterocycles. The molecule has 29 heteroatoms. The minimum absolute atomic E-state index is 1.46. The molecule has 4 rings (SSSR count). The van der Waals surface area contributed by atoms with Gasteiger partial charge in [0, 0.05) is 19.7 Å². The summed E-state index contributed by atoms with van der Waals surface area (Å²) < 4.78 is 0. The fraction of sp³-hybridized carbons (Fsp3) is 1.00. The van der Waals surface area contributed by atoms with Crippen molar-refractivity contribution in [2.24, 2.45) is 41.4 Å². The predicted octanol–water partition coefficient (Wildman–Crippen LogP) is -4.79. The van der Waals surface area contributed by atoms with Crippen molar-refractivity contribution in [1.82, 2.24) is 43.8 Å². The molecule has 8 N–H and O–H groups in total. The molecular formula is C4H8BN20O8-. The minimum Gasteiger partial charge on any atom is -0.264 e. The van der Waals surface area contributed by atoms with E-state index in [1.54, 1.807) is 43.8 Å². The van der Waals surface area contributed by atoms with Gasteiger partial charge in [0.25, 0.3) is 0 Å². The lowest BCUT2D eigenvalue weighted by Gasteiger charge is -2.50. The van der Waals surface area contributed by atoms with Crippen LogP contribution in [0.4, 0.5) is 0 Å². The van der Waals surface area contributed by atoms with Crippen LogP contribution in [0.15, 0.2) is 41.4 Å². The van der Waals surface area contributed by atoms with Gasteiger partial charge >= 0.3 is 28.9 Å². The zero-order valence-corrected chi connectivity index (χ0v) is 15.2. The van der Waals surface area contributed by atoms with Gasteiger partial charge < -0.3 is 0 Å². The molecule has 4 aliphatic rings. The summed E-state index contributed by atoms with van der Waals surface area (Å²) >= 11 is 0. The van der Waals surface area contributed by atoms with Crippen LogP contribution >= 0.6 is 0 Å². The summed E-state index contributed by atoms with van der Waals surface area (Å²) in [6, 6.07) is 0. The fourth-order valence-corrected chi connectivity index (χ4v) is 4.36. The second kappa shape index (κ2) is 6.55. The third-order valence-corrected chi connectivity index (χ3v) is 5.50. The van der Waals surface area contributed by atoms with Crippen LogP contribution in [0.25, 0.3) is 0 Å². The van der Waals surface area contributed by atoms with Gasteiger partial charge in [0.1, 0.15) is 0 Å². The summed E-state index contributed by atoms with van der Waals surface area (Å²) in [5.74, 6) is 0. The minimum atomic E-state index is -5.12. The molecule has 4 aliphatic heterocycles. The lowest BCUT2D eigenvalue weighted by molar-refractivity contribution is -0.619. The van der Waals surface area contributed by atoms with Crippen molar-refractivity contribution in [3.05, 3.63) is 40.5 Å². The van der Waals surface area contributed by atoms with Crippen LogP contribution in [0.5, 0.6) is 0 Å². The molecule has 0 aliphatic carbocycles. The quantitative estimate of drug-likeness (QED) is 0.0927. The molecule has 0 aromatic heterocycles. The standard InChI is InChI=1S/C4H8BN20O8/c26-22(27)1(6-14-15-7-1)5(2(23(28)29)8-16-17-9-2,3(24(30)31)10-18-19-11-3)4(25(32)33)12-20-21-13-4/h(H,6,15)(H,7,14)(H,8,17)(H,9,16)(H,10,19)(H,11,18)(H,12,21)(H,13,20)/q-1. The summed E-state index contributed by atoms with van der Waals surface area (Å²) in [5, 5.41) is 75.4. The summed E-state index contributed by atoms with van der Waals surface area (Å²) in [6.45, 7) is 0. The van der Waals surface area contributed by atoms with Crippen LogP contribution in [0.1, 0.15) is 0 Å². The molecule has 33 heavy (non-hydrogen) atoms. The molecule has 0 bridgehead atoms. The Balaban J connectivity index is 2.33. The van der Waals surface area contributed by atoms with Gasteiger partial charge in [-0.1, -0.05) is 20.9 Å². The van der Waals surface area contributed by atoms with Crippen LogP contribution in [-0.4, -0.2) is 48.6 Å². The molecule has 0 saturated carbocycles. The Morgan fingerprint density at radius 1 is 0.485 bits per heavy atom. The zero-order chi connectivity index (χ0) is 24.1. The first-order valence-corrected chi connectivity index (χ1v) is 8.10. The molecule has 0 fully saturated rings. The highest BCUT2D eigenvalue weighted by Gasteiger charge is 3.03. The third kappa shape index (κ3) is 2.06. The Kier molecular flexibility index (Phi) is 4.24. The SMILES string of the molecule is O=[N+]([O-])C1([B-](C2([N+](=O)[O-])N=NNN2)(C2([N+](=O)[O-])N=NNN2)C2([N+](=O)[O-])N=NNN2)N=NNN1. The van der Waals surface area contributed by atoms with E-state index in [4.69, 9.17) is 0 Å². The van der Waals surface area contributed by atoms with E-state index in [2.05, 4.69) is 41.4 Å². The maximum atomic E-state index is 12.5. The molecule has 0 spiro atoms. The Morgan fingerprint density at radius 2 is 0.697 bits per heavy atom. The highest BCUT2D eigenvalue weighted by Crippen LogP contribution is 2.52. The van der Waals surface area contributed by atoms with E-state index in [0.717, 1.165) is 0 Å². The first-order valence-electron chi connectivity index (χ1n) is 8.10. The molecule has 0 saturated heterocycles. The zero-order valence-electron chi connectivity index (χ0n) is 15.2. The van der Waals surface area contributed by atoms with Crippen molar-refractivity contribution in [2.75, 3.05) is 0 Å². The van der Waals surface area contributed by atoms with Crippen LogP contribution in [0.3, 0.4) is 0 Å². The highest BCUT2D eigenvalue weighted by atomic mass is 16.7. The number of nitrogens with one attached hydrogen (secondary N) is 8. The molecule has 0 aromatic rings. The van der Waals surface area contributed by atoms with Gasteiger partial charge in [0.15, 0.2) is 0 Å². The van der Waals surface area contributed by atoms with Crippen LogP contribution in [-0.2, 0) is 0 Å². The largest absolute Gasteiger partial charge is 0.526 e. The molecule has 176 valence electrons. The lowest BCUT2D eigenvalue weighted by atomic mass is 9.08. The van der Waals surface area contributed by atoms with Crippen molar-refractivity contribution >= 4 is 6.15 Å². The van der Waals surface area contributed by atoms with Gasteiger partial charge in [-0.15, -0.1) is 20.5 Å².